The Balaban J connectivity index is 1.74. The van der Waals surface area contributed by atoms with E-state index in [9.17, 15) is 13.2 Å². The molecule has 0 radical (unpaired) electrons. The predicted octanol–water partition coefficient (Wildman–Crippen LogP) is 2.09. The van der Waals surface area contributed by atoms with Crippen LogP contribution in [0.15, 0.2) is 53.4 Å². The summed E-state index contributed by atoms with van der Waals surface area (Å²) in [6.45, 7) is 2.46. The number of nitrogens with one attached hydrogen (secondary N) is 1. The number of benzene rings is 2. The number of methoxy groups -OCH3 is 1. The van der Waals surface area contributed by atoms with Crippen LogP contribution in [0.1, 0.15) is 12.0 Å². The van der Waals surface area contributed by atoms with Crippen LogP contribution in [0, 0.1) is 6.92 Å². The van der Waals surface area contributed by atoms with E-state index in [-0.39, 0.29) is 10.8 Å². The van der Waals surface area contributed by atoms with Crippen molar-refractivity contribution in [3.05, 3.63) is 54.1 Å². The van der Waals surface area contributed by atoms with E-state index in [0.29, 0.717) is 18.7 Å². The highest BCUT2D eigenvalue weighted by Gasteiger charge is 2.35. The Hall–Kier alpha value is -2.38. The third-order valence-corrected chi connectivity index (χ3v) is 5.71. The second-order valence-corrected chi connectivity index (χ2v) is 7.68. The third kappa shape index (κ3) is 3.67. The average Bonchev–Trinajstić information content (AvgIpc) is 2.96. The van der Waals surface area contributed by atoms with Gasteiger partial charge in [0.2, 0.25) is 15.9 Å². The molecule has 3 rings (SSSR count). The molecular weight excluding hydrogens is 340 g/mol. The lowest BCUT2D eigenvalue weighted by Crippen LogP contribution is -2.41. The summed E-state index contributed by atoms with van der Waals surface area (Å²) in [6.07, 6.45) is 0.433. The zero-order valence-electron chi connectivity index (χ0n) is 14.1. The molecule has 1 aliphatic rings. The Labute approximate surface area is 147 Å². The van der Waals surface area contributed by atoms with E-state index in [1.807, 2.05) is 31.2 Å². The van der Waals surface area contributed by atoms with Gasteiger partial charge in [-0.05, 0) is 49.7 Å². The lowest BCUT2D eigenvalue weighted by molar-refractivity contribution is -0.118. The summed E-state index contributed by atoms with van der Waals surface area (Å²) in [5.74, 6) is 0.336. The van der Waals surface area contributed by atoms with Crippen molar-refractivity contribution >= 4 is 21.6 Å². The average molecular weight is 360 g/mol. The van der Waals surface area contributed by atoms with Gasteiger partial charge >= 0.3 is 0 Å². The molecule has 1 aliphatic heterocycles. The minimum atomic E-state index is -3.77. The molecule has 1 atom stereocenters. The van der Waals surface area contributed by atoms with E-state index in [1.54, 1.807) is 17.0 Å². The molecule has 0 saturated carbocycles. The highest BCUT2D eigenvalue weighted by molar-refractivity contribution is 7.89. The van der Waals surface area contributed by atoms with Gasteiger partial charge in [0.15, 0.2) is 0 Å². The summed E-state index contributed by atoms with van der Waals surface area (Å²) in [6, 6.07) is 12.9. The number of hydrogen-bond acceptors (Lipinski definition) is 4. The van der Waals surface area contributed by atoms with Gasteiger partial charge in [0.25, 0.3) is 0 Å². The van der Waals surface area contributed by atoms with Gasteiger partial charge < -0.3 is 9.64 Å². The number of nitrogens with zero attached hydrogens (tertiary/aromatic N) is 1. The van der Waals surface area contributed by atoms with E-state index >= 15 is 0 Å². The van der Waals surface area contributed by atoms with Crippen molar-refractivity contribution in [1.29, 1.82) is 0 Å². The lowest BCUT2D eigenvalue weighted by Gasteiger charge is -2.17. The highest BCUT2D eigenvalue weighted by atomic mass is 32.2. The van der Waals surface area contributed by atoms with Crippen molar-refractivity contribution in [3.8, 4) is 5.75 Å². The number of rotatable bonds is 5. The number of ether oxygens (including phenoxy) is 1. The molecule has 132 valence electrons. The van der Waals surface area contributed by atoms with E-state index in [0.717, 1.165) is 11.3 Å². The van der Waals surface area contributed by atoms with Crippen LogP contribution < -0.4 is 14.4 Å². The highest BCUT2D eigenvalue weighted by Crippen LogP contribution is 2.23. The van der Waals surface area contributed by atoms with E-state index in [4.69, 9.17) is 4.74 Å². The zero-order chi connectivity index (χ0) is 18.0. The van der Waals surface area contributed by atoms with Crippen molar-refractivity contribution in [2.24, 2.45) is 0 Å². The maximum absolute atomic E-state index is 12.6. The maximum atomic E-state index is 12.6. The van der Waals surface area contributed by atoms with Crippen molar-refractivity contribution in [2.75, 3.05) is 18.6 Å². The molecule has 1 fully saturated rings. The standard InChI is InChI=1S/C18H20N2O4S/c1-13-3-5-14(6-4-13)20-12-11-17(18(20)21)19-25(22,23)16-9-7-15(24-2)8-10-16/h3-10,17,19H,11-12H2,1-2H3/t17-/m0/s1. The molecule has 0 spiro atoms. The Bertz CT molecular complexity index is 861. The Morgan fingerprint density at radius 1 is 1.08 bits per heavy atom. The quantitative estimate of drug-likeness (QED) is 0.886. The summed E-state index contributed by atoms with van der Waals surface area (Å²) in [5, 5.41) is 0. The van der Waals surface area contributed by atoms with Crippen LogP contribution in [-0.2, 0) is 14.8 Å². The number of aryl methyl sites for hydroxylation is 1. The molecule has 1 N–H and O–H groups in total. The first-order valence-electron chi connectivity index (χ1n) is 7.95. The first kappa shape index (κ1) is 17.4. The second kappa shape index (κ2) is 6.85. The van der Waals surface area contributed by atoms with Gasteiger partial charge in [-0.15, -0.1) is 0 Å². The molecule has 2 aromatic rings. The molecule has 2 aromatic carbocycles. The Morgan fingerprint density at radius 3 is 2.32 bits per heavy atom. The molecule has 0 aliphatic carbocycles. The van der Waals surface area contributed by atoms with Gasteiger partial charge in [0, 0.05) is 12.2 Å². The van der Waals surface area contributed by atoms with Crippen molar-refractivity contribution in [1.82, 2.24) is 4.72 Å². The molecule has 1 heterocycles. The number of anilines is 1. The number of carbonyl (C=O) groups excluding carboxylic acids is 1. The van der Waals surface area contributed by atoms with Crippen LogP contribution in [0.5, 0.6) is 5.75 Å². The molecule has 7 heteroatoms. The monoisotopic (exact) mass is 360 g/mol. The summed E-state index contributed by atoms with van der Waals surface area (Å²) in [5.41, 5.74) is 1.88. The second-order valence-electron chi connectivity index (χ2n) is 5.96. The van der Waals surface area contributed by atoms with Crippen molar-refractivity contribution in [2.45, 2.75) is 24.3 Å². The number of hydrogen-bond donors (Lipinski definition) is 1. The zero-order valence-corrected chi connectivity index (χ0v) is 14.9. The van der Waals surface area contributed by atoms with Gasteiger partial charge in [-0.25, -0.2) is 8.42 Å². The molecule has 25 heavy (non-hydrogen) atoms. The van der Waals surface area contributed by atoms with E-state index in [1.165, 1.54) is 19.2 Å². The Kier molecular flexibility index (Phi) is 4.78. The summed E-state index contributed by atoms with van der Waals surface area (Å²) in [7, 11) is -2.25. The third-order valence-electron chi connectivity index (χ3n) is 4.22. The van der Waals surface area contributed by atoms with Crippen LogP contribution in [0.2, 0.25) is 0 Å². The van der Waals surface area contributed by atoms with Crippen LogP contribution >= 0.6 is 0 Å². The molecular formula is C18H20N2O4S. The number of amides is 1. The fourth-order valence-corrected chi connectivity index (χ4v) is 4.00. The molecule has 1 amide bonds. The van der Waals surface area contributed by atoms with Gasteiger partial charge in [-0.3, -0.25) is 4.79 Å². The van der Waals surface area contributed by atoms with Crippen LogP contribution in [0.3, 0.4) is 0 Å². The van der Waals surface area contributed by atoms with Crippen LogP contribution in [0.25, 0.3) is 0 Å². The first-order valence-corrected chi connectivity index (χ1v) is 9.43. The smallest absolute Gasteiger partial charge is 0.245 e. The van der Waals surface area contributed by atoms with Gasteiger partial charge in [0.05, 0.1) is 12.0 Å². The normalized spacial score (nSPS) is 17.8. The van der Waals surface area contributed by atoms with Gasteiger partial charge in [-0.1, -0.05) is 17.7 Å². The molecule has 0 unspecified atom stereocenters. The largest absolute Gasteiger partial charge is 0.497 e. The molecule has 1 saturated heterocycles. The first-order chi connectivity index (χ1) is 11.9. The molecule has 0 aromatic heterocycles. The van der Waals surface area contributed by atoms with E-state index in [2.05, 4.69) is 4.72 Å². The fraction of sp³-hybridized carbons (Fsp3) is 0.278. The van der Waals surface area contributed by atoms with Gasteiger partial charge in [0.1, 0.15) is 11.8 Å². The number of sulfonamides is 1. The van der Waals surface area contributed by atoms with Crippen LogP contribution in [-0.4, -0.2) is 34.0 Å². The SMILES string of the molecule is COc1ccc(S(=O)(=O)N[C@H]2CCN(c3ccc(C)cc3)C2=O)cc1. The van der Waals surface area contributed by atoms with Crippen molar-refractivity contribution < 1.29 is 17.9 Å². The molecule has 6 nitrogen and oxygen atoms in total. The summed E-state index contributed by atoms with van der Waals surface area (Å²) in [4.78, 5) is 14.3. The van der Waals surface area contributed by atoms with Crippen molar-refractivity contribution in [3.63, 3.8) is 0 Å². The summed E-state index contributed by atoms with van der Waals surface area (Å²) < 4.78 is 32.5. The van der Waals surface area contributed by atoms with Gasteiger partial charge in [-0.2, -0.15) is 4.72 Å². The topological polar surface area (TPSA) is 75.7 Å². The fourth-order valence-electron chi connectivity index (χ4n) is 2.78. The Morgan fingerprint density at radius 2 is 1.72 bits per heavy atom. The van der Waals surface area contributed by atoms with Crippen LogP contribution in [0.4, 0.5) is 5.69 Å². The molecule has 0 bridgehead atoms. The minimum Gasteiger partial charge on any atom is -0.497 e. The lowest BCUT2D eigenvalue weighted by atomic mass is 10.2. The van der Waals surface area contributed by atoms with E-state index < -0.39 is 16.1 Å². The summed E-state index contributed by atoms with van der Waals surface area (Å²) >= 11 is 0. The minimum absolute atomic E-state index is 0.106. The predicted molar refractivity (Wildman–Crippen MR) is 95.3 cm³/mol. The maximum Gasteiger partial charge on any atom is 0.245 e. The number of carbonyl (C=O) groups is 1.